The van der Waals surface area contributed by atoms with Crippen molar-refractivity contribution in [2.75, 3.05) is 12.3 Å². The second-order valence-corrected chi connectivity index (χ2v) is 5.94. The first-order valence-electron chi connectivity index (χ1n) is 5.99. The third kappa shape index (κ3) is 6.74. The van der Waals surface area contributed by atoms with Crippen LogP contribution in [0.3, 0.4) is 0 Å². The summed E-state index contributed by atoms with van der Waals surface area (Å²) in [5, 5.41) is 8.45. The van der Waals surface area contributed by atoms with Gasteiger partial charge in [-0.3, -0.25) is 4.79 Å². The zero-order valence-electron chi connectivity index (χ0n) is 10.9. The Morgan fingerprint density at radius 1 is 1.15 bits per heavy atom. The molecule has 0 aliphatic carbocycles. The Morgan fingerprint density at radius 2 is 1.75 bits per heavy atom. The van der Waals surface area contributed by atoms with Gasteiger partial charge in [0.05, 0.1) is 4.90 Å². The van der Waals surface area contributed by atoms with Crippen molar-refractivity contribution in [1.82, 2.24) is 4.72 Å². The highest BCUT2D eigenvalue weighted by Gasteiger charge is 2.12. The van der Waals surface area contributed by atoms with Gasteiger partial charge in [0.2, 0.25) is 10.0 Å². The predicted molar refractivity (Wildman–Crippen MR) is 79.4 cm³/mol. The van der Waals surface area contributed by atoms with E-state index in [1.54, 1.807) is 0 Å². The van der Waals surface area contributed by atoms with Gasteiger partial charge in [-0.2, -0.15) is 0 Å². The van der Waals surface area contributed by atoms with Crippen LogP contribution in [0.4, 0.5) is 5.69 Å². The number of nitrogen functional groups attached to an aromatic ring is 1. The number of aliphatic carboxylic acids is 1. The Hall–Kier alpha value is -1.31. The van der Waals surface area contributed by atoms with Gasteiger partial charge in [0, 0.05) is 18.7 Å². The fraction of sp³-hybridized carbons (Fsp3) is 0.417. The minimum atomic E-state index is -3.50. The molecule has 0 fully saturated rings. The van der Waals surface area contributed by atoms with Crippen molar-refractivity contribution in [3.8, 4) is 0 Å². The van der Waals surface area contributed by atoms with Gasteiger partial charge < -0.3 is 10.8 Å². The van der Waals surface area contributed by atoms with E-state index in [4.69, 9.17) is 10.8 Å². The molecule has 1 aromatic rings. The first kappa shape index (κ1) is 18.7. The zero-order chi connectivity index (χ0) is 14.3. The van der Waals surface area contributed by atoms with Crippen LogP contribution in [-0.4, -0.2) is 26.0 Å². The van der Waals surface area contributed by atoms with Crippen LogP contribution in [0.5, 0.6) is 0 Å². The summed E-state index contributed by atoms with van der Waals surface area (Å²) in [5.41, 5.74) is 5.99. The second kappa shape index (κ2) is 8.78. The minimum absolute atomic E-state index is 0. The number of carboxylic acids is 1. The van der Waals surface area contributed by atoms with E-state index >= 15 is 0 Å². The predicted octanol–water partition coefficient (Wildman–Crippen LogP) is 1.61. The Morgan fingerprint density at radius 3 is 2.30 bits per heavy atom. The molecule has 0 unspecified atom stereocenters. The third-order valence-corrected chi connectivity index (χ3v) is 4.03. The number of anilines is 1. The molecule has 8 heteroatoms. The maximum Gasteiger partial charge on any atom is 0.303 e. The van der Waals surface area contributed by atoms with Crippen LogP contribution >= 0.6 is 12.4 Å². The maximum atomic E-state index is 11.8. The molecule has 0 aliphatic rings. The molecule has 0 bridgehead atoms. The lowest BCUT2D eigenvalue weighted by molar-refractivity contribution is -0.137. The summed E-state index contributed by atoms with van der Waals surface area (Å²) in [5.74, 6) is -0.831. The number of carboxylic acid groups (broad SMARTS) is 1. The number of sulfonamides is 1. The Balaban J connectivity index is 0.00000361. The number of unbranched alkanes of at least 4 members (excludes halogenated alkanes) is 2. The van der Waals surface area contributed by atoms with Gasteiger partial charge in [0.1, 0.15) is 0 Å². The van der Waals surface area contributed by atoms with E-state index < -0.39 is 16.0 Å². The van der Waals surface area contributed by atoms with Gasteiger partial charge in [-0.25, -0.2) is 13.1 Å². The second-order valence-electron chi connectivity index (χ2n) is 4.17. The lowest BCUT2D eigenvalue weighted by Gasteiger charge is -2.06. The molecule has 0 radical (unpaired) electrons. The molecule has 1 aromatic carbocycles. The monoisotopic (exact) mass is 322 g/mol. The van der Waals surface area contributed by atoms with Crippen LogP contribution in [0.25, 0.3) is 0 Å². The van der Waals surface area contributed by atoms with Crippen molar-refractivity contribution in [2.24, 2.45) is 0 Å². The van der Waals surface area contributed by atoms with Gasteiger partial charge in [-0.15, -0.1) is 12.4 Å². The van der Waals surface area contributed by atoms with Crippen molar-refractivity contribution in [3.63, 3.8) is 0 Å². The number of nitrogens with two attached hydrogens (primary N) is 1. The van der Waals surface area contributed by atoms with E-state index in [1.165, 1.54) is 24.3 Å². The zero-order valence-corrected chi connectivity index (χ0v) is 12.5. The molecular formula is C12H19ClN2O4S. The largest absolute Gasteiger partial charge is 0.481 e. The molecule has 0 spiro atoms. The van der Waals surface area contributed by atoms with Gasteiger partial charge >= 0.3 is 5.97 Å². The Labute approximate surface area is 124 Å². The number of hydrogen-bond acceptors (Lipinski definition) is 4. The van der Waals surface area contributed by atoms with Crippen LogP contribution in [0, 0.1) is 0 Å². The van der Waals surface area contributed by atoms with E-state index in [-0.39, 0.29) is 23.7 Å². The molecule has 6 nitrogen and oxygen atoms in total. The molecule has 0 saturated carbocycles. The molecule has 0 saturated heterocycles. The van der Waals surface area contributed by atoms with Crippen LogP contribution in [-0.2, 0) is 14.8 Å². The van der Waals surface area contributed by atoms with Crippen molar-refractivity contribution in [2.45, 2.75) is 30.6 Å². The molecule has 0 heterocycles. The van der Waals surface area contributed by atoms with Crippen molar-refractivity contribution in [3.05, 3.63) is 24.3 Å². The SMILES string of the molecule is Cl.Nc1ccc(S(=O)(=O)NCCCCCC(=O)O)cc1. The van der Waals surface area contributed by atoms with Crippen LogP contribution < -0.4 is 10.5 Å². The van der Waals surface area contributed by atoms with Crippen LogP contribution in [0.15, 0.2) is 29.2 Å². The summed E-state index contributed by atoms with van der Waals surface area (Å²) in [7, 11) is -3.50. The smallest absolute Gasteiger partial charge is 0.303 e. The van der Waals surface area contributed by atoms with Gasteiger partial charge in [0.25, 0.3) is 0 Å². The lowest BCUT2D eigenvalue weighted by atomic mass is 10.2. The van der Waals surface area contributed by atoms with E-state index in [9.17, 15) is 13.2 Å². The first-order valence-corrected chi connectivity index (χ1v) is 7.47. The number of benzene rings is 1. The average molecular weight is 323 g/mol. The molecule has 0 atom stereocenters. The van der Waals surface area contributed by atoms with Gasteiger partial charge in [-0.1, -0.05) is 6.42 Å². The summed E-state index contributed by atoms with van der Waals surface area (Å²) < 4.78 is 26.1. The van der Waals surface area contributed by atoms with E-state index in [1.807, 2.05) is 0 Å². The molecule has 0 amide bonds. The van der Waals surface area contributed by atoms with Gasteiger partial charge in [-0.05, 0) is 37.1 Å². The lowest BCUT2D eigenvalue weighted by Crippen LogP contribution is -2.24. The fourth-order valence-corrected chi connectivity index (χ4v) is 2.59. The molecule has 1 rings (SSSR count). The van der Waals surface area contributed by atoms with E-state index in [2.05, 4.69) is 4.72 Å². The van der Waals surface area contributed by atoms with Crippen molar-refractivity contribution < 1.29 is 18.3 Å². The highest BCUT2D eigenvalue weighted by Crippen LogP contribution is 2.11. The normalized spacial score (nSPS) is 10.8. The summed E-state index contributed by atoms with van der Waals surface area (Å²) in [6.45, 7) is 0.298. The summed E-state index contributed by atoms with van der Waals surface area (Å²) in [6.07, 6.45) is 1.96. The van der Waals surface area contributed by atoms with E-state index in [0.29, 0.717) is 31.5 Å². The molecule has 0 aromatic heterocycles. The van der Waals surface area contributed by atoms with Crippen LogP contribution in [0.2, 0.25) is 0 Å². The highest BCUT2D eigenvalue weighted by molar-refractivity contribution is 7.89. The highest BCUT2D eigenvalue weighted by atomic mass is 35.5. The third-order valence-electron chi connectivity index (χ3n) is 2.55. The molecule has 114 valence electrons. The standard InChI is InChI=1S/C12H18N2O4S.ClH/c13-10-5-7-11(8-6-10)19(17,18)14-9-3-1-2-4-12(15)16;/h5-8,14H,1-4,9,13H2,(H,15,16);1H. The number of carbonyl (C=O) groups is 1. The van der Waals surface area contributed by atoms with Crippen LogP contribution in [0.1, 0.15) is 25.7 Å². The van der Waals surface area contributed by atoms with Crippen molar-refractivity contribution in [1.29, 1.82) is 0 Å². The summed E-state index contributed by atoms with van der Waals surface area (Å²) in [4.78, 5) is 10.5. The van der Waals surface area contributed by atoms with E-state index in [0.717, 1.165) is 0 Å². The maximum absolute atomic E-state index is 11.8. The Kier molecular flexibility index (Phi) is 8.21. The number of rotatable bonds is 8. The molecule has 4 N–H and O–H groups in total. The number of halogens is 1. The molecule has 0 aliphatic heterocycles. The quantitative estimate of drug-likeness (QED) is 0.497. The molecular weight excluding hydrogens is 304 g/mol. The summed E-state index contributed by atoms with van der Waals surface area (Å²) >= 11 is 0. The topological polar surface area (TPSA) is 109 Å². The number of nitrogens with one attached hydrogen (secondary N) is 1. The Bertz CT molecular complexity index is 517. The molecule has 20 heavy (non-hydrogen) atoms. The minimum Gasteiger partial charge on any atom is -0.481 e. The average Bonchev–Trinajstić information content (AvgIpc) is 2.34. The van der Waals surface area contributed by atoms with Crippen molar-refractivity contribution >= 4 is 34.1 Å². The number of hydrogen-bond donors (Lipinski definition) is 3. The fourth-order valence-electron chi connectivity index (χ4n) is 1.51. The first-order chi connectivity index (χ1) is 8.92. The summed E-state index contributed by atoms with van der Waals surface area (Å²) in [6, 6.07) is 5.95. The van der Waals surface area contributed by atoms with Gasteiger partial charge in [0.15, 0.2) is 0 Å².